The zero-order valence-corrected chi connectivity index (χ0v) is 11.2. The molecule has 0 aliphatic rings. The van der Waals surface area contributed by atoms with E-state index < -0.39 is 0 Å². The van der Waals surface area contributed by atoms with Crippen molar-refractivity contribution in [2.75, 3.05) is 20.1 Å². The molecule has 2 N–H and O–H groups in total. The van der Waals surface area contributed by atoms with Gasteiger partial charge in [0, 0.05) is 16.6 Å². The summed E-state index contributed by atoms with van der Waals surface area (Å²) in [6.45, 7) is 3.69. The van der Waals surface area contributed by atoms with E-state index >= 15 is 0 Å². The number of amides is 1. The fourth-order valence-corrected chi connectivity index (χ4v) is 1.66. The highest BCUT2D eigenvalue weighted by Crippen LogP contribution is 2.10. The Balaban J connectivity index is 2.43. The first kappa shape index (κ1) is 13.2. The molecule has 3 nitrogen and oxygen atoms in total. The number of halogens is 1. The Morgan fingerprint density at radius 3 is 2.50 bits per heavy atom. The fourth-order valence-electron chi connectivity index (χ4n) is 1.39. The Hall–Kier alpha value is -0.870. The molecule has 0 bridgehead atoms. The largest absolute Gasteiger partial charge is 0.352 e. The van der Waals surface area contributed by atoms with E-state index in [9.17, 15) is 4.79 Å². The predicted molar refractivity (Wildman–Crippen MR) is 69.6 cm³/mol. The Bertz CT molecular complexity index is 337. The summed E-state index contributed by atoms with van der Waals surface area (Å²) in [6.07, 6.45) is 0. The first-order valence-corrected chi connectivity index (χ1v) is 6.11. The number of carbonyl (C=O) groups excluding carboxylic acids is 1. The van der Waals surface area contributed by atoms with Crippen LogP contribution < -0.4 is 10.6 Å². The van der Waals surface area contributed by atoms with Crippen LogP contribution in [0.4, 0.5) is 0 Å². The lowest BCUT2D eigenvalue weighted by Crippen LogP contribution is -2.32. The maximum Gasteiger partial charge on any atom is 0.251 e. The van der Waals surface area contributed by atoms with Crippen LogP contribution in [-0.2, 0) is 0 Å². The Labute approximate surface area is 105 Å². The third-order valence-electron chi connectivity index (χ3n) is 2.27. The summed E-state index contributed by atoms with van der Waals surface area (Å²) in [5, 5.41) is 5.99. The molecule has 0 heterocycles. The van der Waals surface area contributed by atoms with E-state index in [0.29, 0.717) is 18.0 Å². The number of hydrogen-bond acceptors (Lipinski definition) is 2. The van der Waals surface area contributed by atoms with Gasteiger partial charge in [-0.1, -0.05) is 22.9 Å². The summed E-state index contributed by atoms with van der Waals surface area (Å²) in [6, 6.07) is 7.35. The van der Waals surface area contributed by atoms with Gasteiger partial charge >= 0.3 is 0 Å². The van der Waals surface area contributed by atoms with Gasteiger partial charge in [-0.05, 0) is 43.8 Å². The Morgan fingerprint density at radius 2 is 1.94 bits per heavy atom. The third kappa shape index (κ3) is 4.33. The Kier molecular flexibility index (Phi) is 5.49. The number of rotatable bonds is 5. The maximum absolute atomic E-state index is 11.7. The van der Waals surface area contributed by atoms with Crippen molar-refractivity contribution in [3.63, 3.8) is 0 Å². The molecule has 1 rings (SSSR count). The van der Waals surface area contributed by atoms with Crippen molar-refractivity contribution >= 4 is 21.8 Å². The van der Waals surface area contributed by atoms with Gasteiger partial charge in [0.25, 0.3) is 5.91 Å². The summed E-state index contributed by atoms with van der Waals surface area (Å²) in [5.41, 5.74) is 0.694. The monoisotopic (exact) mass is 284 g/mol. The number of nitrogens with one attached hydrogen (secondary N) is 2. The summed E-state index contributed by atoms with van der Waals surface area (Å²) in [7, 11) is 1.91. The molecule has 0 aliphatic heterocycles. The van der Waals surface area contributed by atoms with Crippen LogP contribution in [0.15, 0.2) is 28.7 Å². The zero-order valence-electron chi connectivity index (χ0n) is 9.59. The van der Waals surface area contributed by atoms with Gasteiger partial charge in [-0.25, -0.2) is 0 Å². The number of carbonyl (C=O) groups is 1. The molecule has 1 atom stereocenters. The van der Waals surface area contributed by atoms with Gasteiger partial charge in [-0.15, -0.1) is 0 Å². The topological polar surface area (TPSA) is 41.1 Å². The van der Waals surface area contributed by atoms with E-state index in [1.165, 1.54) is 0 Å². The number of hydrogen-bond donors (Lipinski definition) is 2. The van der Waals surface area contributed by atoms with Crippen LogP contribution >= 0.6 is 15.9 Å². The minimum Gasteiger partial charge on any atom is -0.352 e. The van der Waals surface area contributed by atoms with Gasteiger partial charge in [0.05, 0.1) is 0 Å². The van der Waals surface area contributed by atoms with Crippen LogP contribution in [0.3, 0.4) is 0 Å². The van der Waals surface area contributed by atoms with Gasteiger partial charge in [-0.2, -0.15) is 0 Å². The predicted octanol–water partition coefficient (Wildman–Crippen LogP) is 2.03. The van der Waals surface area contributed by atoms with Crippen LogP contribution in [0.2, 0.25) is 0 Å². The molecule has 1 aromatic carbocycles. The summed E-state index contributed by atoms with van der Waals surface area (Å²) < 4.78 is 0.979. The molecule has 88 valence electrons. The van der Waals surface area contributed by atoms with Crippen LogP contribution in [-0.4, -0.2) is 26.0 Å². The normalized spacial score (nSPS) is 12.2. The van der Waals surface area contributed by atoms with Gasteiger partial charge in [0.2, 0.25) is 0 Å². The highest BCUT2D eigenvalue weighted by molar-refractivity contribution is 9.10. The van der Waals surface area contributed by atoms with E-state index in [2.05, 4.69) is 33.5 Å². The summed E-state index contributed by atoms with van der Waals surface area (Å²) in [5.74, 6) is 0.417. The standard InChI is InChI=1S/C12H17BrN2O/c1-9(7-14-2)8-15-12(16)10-3-5-11(13)6-4-10/h3-6,9,14H,7-8H2,1-2H3,(H,15,16). The van der Waals surface area contributed by atoms with Crippen molar-refractivity contribution in [3.05, 3.63) is 34.3 Å². The molecule has 0 saturated carbocycles. The van der Waals surface area contributed by atoms with Crippen molar-refractivity contribution in [1.29, 1.82) is 0 Å². The molecule has 1 amide bonds. The van der Waals surface area contributed by atoms with Gasteiger partial charge in [0.15, 0.2) is 0 Å². The quantitative estimate of drug-likeness (QED) is 0.869. The van der Waals surface area contributed by atoms with Gasteiger partial charge in [0.1, 0.15) is 0 Å². The summed E-state index contributed by atoms with van der Waals surface area (Å²) in [4.78, 5) is 11.7. The molecule has 0 fully saturated rings. The second-order valence-electron chi connectivity index (χ2n) is 3.88. The van der Waals surface area contributed by atoms with Crippen LogP contribution in [0.1, 0.15) is 17.3 Å². The van der Waals surface area contributed by atoms with Crippen LogP contribution in [0.5, 0.6) is 0 Å². The first-order chi connectivity index (χ1) is 7.63. The van der Waals surface area contributed by atoms with E-state index in [0.717, 1.165) is 11.0 Å². The number of benzene rings is 1. The molecule has 0 aromatic heterocycles. The lowest BCUT2D eigenvalue weighted by molar-refractivity contribution is 0.0948. The first-order valence-electron chi connectivity index (χ1n) is 5.32. The van der Waals surface area contributed by atoms with Crippen molar-refractivity contribution in [2.45, 2.75) is 6.92 Å². The van der Waals surface area contributed by atoms with Crippen LogP contribution in [0, 0.1) is 5.92 Å². The molecule has 0 spiro atoms. The lowest BCUT2D eigenvalue weighted by Gasteiger charge is -2.11. The maximum atomic E-state index is 11.7. The molecule has 0 saturated heterocycles. The van der Waals surface area contributed by atoms with E-state index in [1.807, 2.05) is 31.3 Å². The SMILES string of the molecule is CNCC(C)CNC(=O)c1ccc(Br)cc1. The molecule has 16 heavy (non-hydrogen) atoms. The Morgan fingerprint density at radius 1 is 1.31 bits per heavy atom. The molecule has 0 radical (unpaired) electrons. The van der Waals surface area contributed by atoms with Crippen molar-refractivity contribution < 1.29 is 4.79 Å². The van der Waals surface area contributed by atoms with Gasteiger partial charge < -0.3 is 10.6 Å². The van der Waals surface area contributed by atoms with E-state index in [4.69, 9.17) is 0 Å². The van der Waals surface area contributed by atoms with Gasteiger partial charge in [-0.3, -0.25) is 4.79 Å². The average Bonchev–Trinajstić information content (AvgIpc) is 2.27. The van der Waals surface area contributed by atoms with Crippen molar-refractivity contribution in [2.24, 2.45) is 5.92 Å². The van der Waals surface area contributed by atoms with Crippen molar-refractivity contribution in [3.8, 4) is 0 Å². The molecular weight excluding hydrogens is 268 g/mol. The smallest absolute Gasteiger partial charge is 0.251 e. The van der Waals surface area contributed by atoms with E-state index in [1.54, 1.807) is 0 Å². The minimum absolute atomic E-state index is 0.0181. The van der Waals surface area contributed by atoms with Crippen molar-refractivity contribution in [1.82, 2.24) is 10.6 Å². The minimum atomic E-state index is -0.0181. The second kappa shape index (κ2) is 6.66. The molecule has 1 aromatic rings. The lowest BCUT2D eigenvalue weighted by atomic mass is 10.1. The highest BCUT2D eigenvalue weighted by atomic mass is 79.9. The van der Waals surface area contributed by atoms with E-state index in [-0.39, 0.29) is 5.91 Å². The highest BCUT2D eigenvalue weighted by Gasteiger charge is 2.06. The van der Waals surface area contributed by atoms with Crippen LogP contribution in [0.25, 0.3) is 0 Å². The second-order valence-corrected chi connectivity index (χ2v) is 4.80. The zero-order chi connectivity index (χ0) is 12.0. The summed E-state index contributed by atoms with van der Waals surface area (Å²) >= 11 is 3.34. The molecule has 0 aliphatic carbocycles. The molecule has 1 unspecified atom stereocenters. The molecular formula is C12H17BrN2O. The molecule has 4 heteroatoms. The average molecular weight is 285 g/mol. The fraction of sp³-hybridized carbons (Fsp3) is 0.417. The third-order valence-corrected chi connectivity index (χ3v) is 2.80.